The third kappa shape index (κ3) is 2.00. The zero-order chi connectivity index (χ0) is 13.4. The first kappa shape index (κ1) is 11.9. The lowest BCUT2D eigenvalue weighted by Crippen LogP contribution is -2.27. The fourth-order valence-electron chi connectivity index (χ4n) is 2.30. The molecule has 1 aliphatic rings. The fraction of sp³-hybridized carbons (Fsp3) is 0.308. The normalized spacial score (nSPS) is 14.2. The van der Waals surface area contributed by atoms with E-state index >= 15 is 0 Å². The fourth-order valence-corrected chi connectivity index (χ4v) is 2.30. The van der Waals surface area contributed by atoms with Crippen molar-refractivity contribution in [1.82, 2.24) is 20.1 Å². The van der Waals surface area contributed by atoms with E-state index < -0.39 is 0 Å². The molecule has 2 aromatic rings. The number of rotatable bonds is 1. The van der Waals surface area contributed by atoms with Crippen molar-refractivity contribution in [3.63, 3.8) is 0 Å². The molecule has 0 aromatic carbocycles. The molecule has 0 saturated heterocycles. The van der Waals surface area contributed by atoms with Crippen LogP contribution in [0.1, 0.15) is 27.2 Å². The number of aromatic nitrogens is 3. The molecule has 0 aliphatic carbocycles. The molecule has 0 amide bonds. The predicted octanol–water partition coefficient (Wildman–Crippen LogP) is 0.503. The van der Waals surface area contributed by atoms with E-state index in [9.17, 15) is 4.79 Å². The summed E-state index contributed by atoms with van der Waals surface area (Å²) in [6, 6.07) is 0. The van der Waals surface area contributed by atoms with Crippen LogP contribution in [-0.2, 0) is 13.0 Å². The van der Waals surface area contributed by atoms with Crippen LogP contribution in [-0.4, -0.2) is 27.2 Å². The number of hydrogen-bond donors (Lipinski definition) is 2. The highest BCUT2D eigenvalue weighted by atomic mass is 16.2. The summed E-state index contributed by atoms with van der Waals surface area (Å²) in [7, 11) is 0. The van der Waals surface area contributed by atoms with Crippen molar-refractivity contribution in [2.24, 2.45) is 0 Å². The zero-order valence-corrected chi connectivity index (χ0v) is 10.7. The monoisotopic (exact) mass is 257 g/mol. The van der Waals surface area contributed by atoms with Crippen LogP contribution < -0.4 is 11.1 Å². The van der Waals surface area contributed by atoms with Gasteiger partial charge in [0.25, 0.3) is 5.91 Å². The topological polar surface area (TPSA) is 85.8 Å². The molecule has 0 fully saturated rings. The van der Waals surface area contributed by atoms with Gasteiger partial charge in [0, 0.05) is 18.9 Å². The van der Waals surface area contributed by atoms with E-state index in [-0.39, 0.29) is 5.91 Å². The van der Waals surface area contributed by atoms with Crippen LogP contribution in [0.15, 0.2) is 18.6 Å². The van der Waals surface area contributed by atoms with Gasteiger partial charge in [0.15, 0.2) is 0 Å². The second kappa shape index (κ2) is 4.47. The molecular weight excluding hydrogens is 242 g/mol. The van der Waals surface area contributed by atoms with Crippen LogP contribution in [0.5, 0.6) is 0 Å². The van der Waals surface area contributed by atoms with E-state index in [2.05, 4.69) is 15.4 Å². The maximum absolute atomic E-state index is 12.5. The standard InChI is InChI=1S/C13H15N5O/c1-8-12(14)7-18(17-8)13(19)11-6-16-5-9-4-15-3-2-10(9)11/h5-7,15H,2-4,14H2,1H3. The van der Waals surface area contributed by atoms with Crippen molar-refractivity contribution < 1.29 is 4.79 Å². The van der Waals surface area contributed by atoms with Gasteiger partial charge < -0.3 is 11.1 Å². The Hall–Kier alpha value is -2.21. The minimum Gasteiger partial charge on any atom is -0.396 e. The Morgan fingerprint density at radius 3 is 3.05 bits per heavy atom. The molecule has 3 N–H and O–H groups in total. The molecule has 3 rings (SSSR count). The molecule has 0 unspecified atom stereocenters. The average molecular weight is 257 g/mol. The summed E-state index contributed by atoms with van der Waals surface area (Å²) in [5, 5.41) is 7.40. The van der Waals surface area contributed by atoms with Crippen LogP contribution in [0.3, 0.4) is 0 Å². The molecule has 6 heteroatoms. The SMILES string of the molecule is Cc1nn(C(=O)c2cncc3c2CCNC3)cc1N. The molecule has 3 heterocycles. The highest BCUT2D eigenvalue weighted by Gasteiger charge is 2.20. The van der Waals surface area contributed by atoms with Crippen molar-refractivity contribution in [3.05, 3.63) is 41.0 Å². The lowest BCUT2D eigenvalue weighted by atomic mass is 9.98. The number of hydrogen-bond acceptors (Lipinski definition) is 5. The molecule has 1 aliphatic heterocycles. The molecule has 0 bridgehead atoms. The first-order valence-corrected chi connectivity index (χ1v) is 6.19. The number of fused-ring (bicyclic) bond motifs is 1. The first-order chi connectivity index (χ1) is 9.16. The number of carbonyl (C=O) groups is 1. The smallest absolute Gasteiger partial charge is 0.280 e. The van der Waals surface area contributed by atoms with Crippen LogP contribution in [0, 0.1) is 6.92 Å². The summed E-state index contributed by atoms with van der Waals surface area (Å²) in [5.41, 5.74) is 9.67. The zero-order valence-electron chi connectivity index (χ0n) is 10.7. The van der Waals surface area contributed by atoms with Gasteiger partial charge in [0.05, 0.1) is 23.1 Å². The second-order valence-corrected chi connectivity index (χ2v) is 4.67. The number of nitrogen functional groups attached to an aromatic ring is 1. The molecule has 0 saturated carbocycles. The Balaban J connectivity index is 2.04. The van der Waals surface area contributed by atoms with E-state index in [0.29, 0.717) is 16.9 Å². The van der Waals surface area contributed by atoms with Gasteiger partial charge in [-0.15, -0.1) is 0 Å². The molecule has 6 nitrogen and oxygen atoms in total. The Kier molecular flexibility index (Phi) is 2.79. The van der Waals surface area contributed by atoms with Gasteiger partial charge in [-0.05, 0) is 31.0 Å². The minimum absolute atomic E-state index is 0.175. The van der Waals surface area contributed by atoms with Crippen LogP contribution in [0.4, 0.5) is 5.69 Å². The number of nitrogens with two attached hydrogens (primary N) is 1. The summed E-state index contributed by atoms with van der Waals surface area (Å²) >= 11 is 0. The highest BCUT2D eigenvalue weighted by molar-refractivity contribution is 5.97. The summed E-state index contributed by atoms with van der Waals surface area (Å²) < 4.78 is 1.30. The quantitative estimate of drug-likeness (QED) is 0.777. The van der Waals surface area contributed by atoms with E-state index in [4.69, 9.17) is 5.73 Å². The van der Waals surface area contributed by atoms with Crippen molar-refractivity contribution in [3.8, 4) is 0 Å². The van der Waals surface area contributed by atoms with E-state index in [0.717, 1.165) is 30.6 Å². The van der Waals surface area contributed by atoms with E-state index in [1.165, 1.54) is 4.68 Å². The maximum Gasteiger partial charge on any atom is 0.280 e. The van der Waals surface area contributed by atoms with Gasteiger partial charge in [-0.3, -0.25) is 9.78 Å². The summed E-state index contributed by atoms with van der Waals surface area (Å²) in [4.78, 5) is 16.6. The average Bonchev–Trinajstić information content (AvgIpc) is 2.77. The number of nitrogens with zero attached hydrogens (tertiary/aromatic N) is 3. The van der Waals surface area contributed by atoms with Gasteiger partial charge in [0.2, 0.25) is 0 Å². The van der Waals surface area contributed by atoms with Gasteiger partial charge >= 0.3 is 0 Å². The molecule has 19 heavy (non-hydrogen) atoms. The molecule has 0 radical (unpaired) electrons. The molecular formula is C13H15N5O. The van der Waals surface area contributed by atoms with Gasteiger partial charge in [-0.2, -0.15) is 5.10 Å². The van der Waals surface area contributed by atoms with E-state index in [1.54, 1.807) is 25.5 Å². The molecule has 0 atom stereocenters. The Morgan fingerprint density at radius 2 is 2.32 bits per heavy atom. The van der Waals surface area contributed by atoms with Crippen LogP contribution in [0.25, 0.3) is 0 Å². The Labute approximate surface area is 110 Å². The number of carbonyl (C=O) groups excluding carboxylic acids is 1. The van der Waals surface area contributed by atoms with Gasteiger partial charge in [0.1, 0.15) is 0 Å². The third-order valence-electron chi connectivity index (χ3n) is 3.39. The Morgan fingerprint density at radius 1 is 1.47 bits per heavy atom. The Bertz CT molecular complexity index is 627. The first-order valence-electron chi connectivity index (χ1n) is 6.19. The van der Waals surface area contributed by atoms with Crippen molar-refractivity contribution in [2.45, 2.75) is 19.9 Å². The van der Waals surface area contributed by atoms with Crippen molar-refractivity contribution in [1.29, 1.82) is 0 Å². The number of aryl methyl sites for hydroxylation is 1. The van der Waals surface area contributed by atoms with Crippen molar-refractivity contribution >= 4 is 11.6 Å². The lowest BCUT2D eigenvalue weighted by Gasteiger charge is -2.18. The summed E-state index contributed by atoms with van der Waals surface area (Å²) in [6.07, 6.45) is 5.80. The third-order valence-corrected chi connectivity index (χ3v) is 3.39. The lowest BCUT2D eigenvalue weighted by molar-refractivity contribution is 0.0943. The van der Waals surface area contributed by atoms with Crippen molar-refractivity contribution in [2.75, 3.05) is 12.3 Å². The van der Waals surface area contributed by atoms with Crippen LogP contribution in [0.2, 0.25) is 0 Å². The second-order valence-electron chi connectivity index (χ2n) is 4.67. The minimum atomic E-state index is -0.175. The molecule has 2 aromatic heterocycles. The summed E-state index contributed by atoms with van der Waals surface area (Å²) in [6.45, 7) is 3.41. The molecule has 98 valence electrons. The van der Waals surface area contributed by atoms with Gasteiger partial charge in [-0.1, -0.05) is 0 Å². The number of nitrogens with one attached hydrogen (secondary N) is 1. The summed E-state index contributed by atoms with van der Waals surface area (Å²) in [5.74, 6) is -0.175. The maximum atomic E-state index is 12.5. The number of anilines is 1. The number of pyridine rings is 1. The van der Waals surface area contributed by atoms with Gasteiger partial charge in [-0.25, -0.2) is 4.68 Å². The predicted molar refractivity (Wildman–Crippen MR) is 70.8 cm³/mol. The van der Waals surface area contributed by atoms with Crippen LogP contribution >= 0.6 is 0 Å². The highest BCUT2D eigenvalue weighted by Crippen LogP contribution is 2.19. The molecule has 0 spiro atoms. The largest absolute Gasteiger partial charge is 0.396 e. The van der Waals surface area contributed by atoms with E-state index in [1.807, 2.05) is 0 Å².